The molecule has 12 heteroatoms. The third-order valence-corrected chi connectivity index (χ3v) is 6.61. The van der Waals surface area contributed by atoms with Crippen molar-refractivity contribution < 1.29 is 42.9 Å². The van der Waals surface area contributed by atoms with Crippen LogP contribution in [0, 0.1) is 0 Å². The number of carboxylic acid groups (broad SMARTS) is 1. The summed E-state index contributed by atoms with van der Waals surface area (Å²) in [6.07, 6.45) is -5.96. The predicted octanol–water partition coefficient (Wildman–Crippen LogP) is 3.56. The summed E-state index contributed by atoms with van der Waals surface area (Å²) in [5.74, 6) is -3.17. The summed E-state index contributed by atoms with van der Waals surface area (Å²) in [4.78, 5) is 41.3. The number of benzene rings is 2. The van der Waals surface area contributed by atoms with E-state index >= 15 is 0 Å². The SMILES string of the molecule is CC(C)(C)c1cc([C@H](CC(=O)O)CC(=O)CNC(=O)c2cc(O)cc(CC3=NCC(O)CN3)c2)cc(C(F)(F)F)c1. The van der Waals surface area contributed by atoms with Crippen molar-refractivity contribution in [1.82, 2.24) is 10.6 Å². The number of nitrogens with zero attached hydrogens (tertiary/aromatic N) is 1. The highest BCUT2D eigenvalue weighted by molar-refractivity contribution is 5.97. The number of Topliss-reactive ketones (excluding diaryl/α,β-unsaturated/α-hetero) is 1. The molecule has 0 aliphatic carbocycles. The third-order valence-electron chi connectivity index (χ3n) is 6.61. The van der Waals surface area contributed by atoms with Crippen molar-refractivity contribution in [3.8, 4) is 5.75 Å². The molecule has 2 aromatic rings. The fourth-order valence-electron chi connectivity index (χ4n) is 4.42. The lowest BCUT2D eigenvalue weighted by atomic mass is 9.81. The number of ketones is 1. The van der Waals surface area contributed by atoms with E-state index in [-0.39, 0.29) is 29.8 Å². The van der Waals surface area contributed by atoms with Gasteiger partial charge in [0, 0.05) is 30.9 Å². The van der Waals surface area contributed by atoms with E-state index in [0.717, 1.165) is 12.1 Å². The number of aliphatic hydroxyl groups excluding tert-OH is 1. The van der Waals surface area contributed by atoms with Gasteiger partial charge in [0.1, 0.15) is 11.6 Å². The second-order valence-corrected chi connectivity index (χ2v) is 11.2. The van der Waals surface area contributed by atoms with E-state index in [2.05, 4.69) is 15.6 Å². The maximum absolute atomic E-state index is 13.6. The Bertz CT molecular complexity index is 1300. The Morgan fingerprint density at radius 1 is 1.05 bits per heavy atom. The van der Waals surface area contributed by atoms with Gasteiger partial charge in [-0.2, -0.15) is 13.2 Å². The van der Waals surface area contributed by atoms with Crippen LogP contribution in [-0.4, -0.2) is 64.6 Å². The van der Waals surface area contributed by atoms with E-state index < -0.39 is 66.2 Å². The second-order valence-electron chi connectivity index (χ2n) is 11.2. The number of nitrogens with one attached hydrogen (secondary N) is 2. The van der Waals surface area contributed by atoms with Gasteiger partial charge in [0.15, 0.2) is 5.78 Å². The van der Waals surface area contributed by atoms with Gasteiger partial charge >= 0.3 is 12.1 Å². The van der Waals surface area contributed by atoms with E-state index in [1.165, 1.54) is 24.3 Å². The van der Waals surface area contributed by atoms with Crippen molar-refractivity contribution in [2.24, 2.45) is 4.99 Å². The zero-order chi connectivity index (χ0) is 30.5. The van der Waals surface area contributed by atoms with Crippen LogP contribution in [0.4, 0.5) is 13.2 Å². The standard InChI is InChI=1S/C29H34F3N3O6/c1-28(2,3)20-7-17(8-21(12-20)29(30,31)32)18(11-26(39)40)9-23(37)13-35-27(41)19-4-16(5-22(36)10-19)6-25-33-14-24(38)15-34-25/h4-5,7-8,10,12,18,24,36,38H,6,9,11,13-15H2,1-3H3,(H,33,34)(H,35,41)(H,39,40)/t18-/m0/s1. The number of carbonyl (C=O) groups is 3. The lowest BCUT2D eigenvalue weighted by molar-refractivity contribution is -0.138. The van der Waals surface area contributed by atoms with Crippen molar-refractivity contribution in [3.63, 3.8) is 0 Å². The van der Waals surface area contributed by atoms with Gasteiger partial charge in [-0.3, -0.25) is 19.4 Å². The Kier molecular flexibility index (Phi) is 9.80. The first-order valence-corrected chi connectivity index (χ1v) is 13.0. The molecule has 1 heterocycles. The summed E-state index contributed by atoms with van der Waals surface area (Å²) in [7, 11) is 0. The van der Waals surface area contributed by atoms with Crippen molar-refractivity contribution in [2.75, 3.05) is 19.6 Å². The van der Waals surface area contributed by atoms with E-state index in [1.807, 2.05) is 0 Å². The Hall–Kier alpha value is -3.93. The van der Waals surface area contributed by atoms with E-state index in [9.17, 15) is 42.9 Å². The van der Waals surface area contributed by atoms with E-state index in [4.69, 9.17) is 0 Å². The molecule has 0 bridgehead atoms. The normalized spacial score (nSPS) is 16.4. The van der Waals surface area contributed by atoms with E-state index in [1.54, 1.807) is 20.8 Å². The minimum atomic E-state index is -4.66. The average molecular weight is 578 g/mol. The summed E-state index contributed by atoms with van der Waals surface area (Å²) < 4.78 is 40.9. The summed E-state index contributed by atoms with van der Waals surface area (Å²) >= 11 is 0. The molecule has 1 amide bonds. The molecule has 2 atom stereocenters. The van der Waals surface area contributed by atoms with Gasteiger partial charge < -0.3 is 26.0 Å². The topological polar surface area (TPSA) is 148 Å². The van der Waals surface area contributed by atoms with Crippen LogP contribution in [0.1, 0.15) is 72.1 Å². The quantitative estimate of drug-likeness (QED) is 0.290. The fourth-order valence-corrected chi connectivity index (χ4v) is 4.42. The molecular formula is C29H34F3N3O6. The zero-order valence-corrected chi connectivity index (χ0v) is 23.0. The number of carboxylic acids is 1. The molecule has 0 spiro atoms. The summed E-state index contributed by atoms with van der Waals surface area (Å²) in [5, 5.41) is 34.5. The first-order chi connectivity index (χ1) is 19.0. The number of amidine groups is 1. The number of phenolic OH excluding ortho intramolecular Hbond substituents is 1. The molecule has 2 aromatic carbocycles. The number of aliphatic carboxylic acids is 1. The smallest absolute Gasteiger partial charge is 0.416 e. The molecule has 0 aromatic heterocycles. The van der Waals surface area contributed by atoms with Crippen LogP contribution in [0.2, 0.25) is 0 Å². The first-order valence-electron chi connectivity index (χ1n) is 13.0. The van der Waals surface area contributed by atoms with Crippen LogP contribution in [0.25, 0.3) is 0 Å². The van der Waals surface area contributed by atoms with Crippen LogP contribution in [-0.2, 0) is 27.6 Å². The maximum Gasteiger partial charge on any atom is 0.416 e. The van der Waals surface area contributed by atoms with Crippen molar-refractivity contribution in [3.05, 3.63) is 64.2 Å². The molecule has 1 aliphatic heterocycles. The van der Waals surface area contributed by atoms with Crippen LogP contribution in [0.5, 0.6) is 5.75 Å². The van der Waals surface area contributed by atoms with Crippen LogP contribution < -0.4 is 10.6 Å². The number of carbonyl (C=O) groups excluding carboxylic acids is 2. The molecule has 1 aliphatic rings. The van der Waals surface area contributed by atoms with Crippen molar-refractivity contribution in [2.45, 2.75) is 63.6 Å². The minimum Gasteiger partial charge on any atom is -0.508 e. The Balaban J connectivity index is 1.74. The molecule has 222 valence electrons. The summed E-state index contributed by atoms with van der Waals surface area (Å²) in [6.45, 7) is 5.27. The van der Waals surface area contributed by atoms with Gasteiger partial charge in [-0.15, -0.1) is 0 Å². The second kappa shape index (κ2) is 12.7. The predicted molar refractivity (Wildman–Crippen MR) is 145 cm³/mol. The van der Waals surface area contributed by atoms with Crippen LogP contribution in [0.3, 0.4) is 0 Å². The molecule has 3 rings (SSSR count). The lowest BCUT2D eigenvalue weighted by Gasteiger charge is -2.24. The molecule has 0 saturated heterocycles. The third kappa shape index (κ3) is 9.31. The molecule has 5 N–H and O–H groups in total. The Labute approximate surface area is 235 Å². The zero-order valence-electron chi connectivity index (χ0n) is 23.0. The number of hydrogen-bond acceptors (Lipinski definition) is 7. The van der Waals surface area contributed by atoms with Gasteiger partial charge in [0.05, 0.1) is 31.2 Å². The number of rotatable bonds is 10. The molecular weight excluding hydrogens is 543 g/mol. The van der Waals surface area contributed by atoms with Gasteiger partial charge in [0.25, 0.3) is 5.91 Å². The first kappa shape index (κ1) is 31.6. The molecule has 0 radical (unpaired) electrons. The number of amides is 1. The minimum absolute atomic E-state index is 0.0685. The van der Waals surface area contributed by atoms with Crippen LogP contribution >= 0.6 is 0 Å². The molecule has 9 nitrogen and oxygen atoms in total. The summed E-state index contributed by atoms with van der Waals surface area (Å²) in [5.41, 5.74) is -0.534. The number of halogens is 3. The number of aliphatic hydroxyl groups is 1. The monoisotopic (exact) mass is 577 g/mol. The van der Waals surface area contributed by atoms with Gasteiger partial charge in [-0.1, -0.05) is 26.8 Å². The number of β-amino-alcohol motifs (C(OH)–C–C–N with tert-alkyl or cyclic N) is 1. The van der Waals surface area contributed by atoms with Gasteiger partial charge in [-0.05, 0) is 52.4 Å². The number of alkyl halides is 3. The number of phenols is 1. The molecule has 41 heavy (non-hydrogen) atoms. The molecule has 0 saturated carbocycles. The number of aliphatic imine (C=N–C) groups is 1. The fraction of sp³-hybridized carbons (Fsp3) is 0.448. The largest absolute Gasteiger partial charge is 0.508 e. The highest BCUT2D eigenvalue weighted by Gasteiger charge is 2.33. The van der Waals surface area contributed by atoms with Gasteiger partial charge in [0.2, 0.25) is 0 Å². The Morgan fingerprint density at radius 3 is 2.32 bits per heavy atom. The Morgan fingerprint density at radius 2 is 1.73 bits per heavy atom. The highest BCUT2D eigenvalue weighted by atomic mass is 19.4. The molecule has 0 fully saturated rings. The van der Waals surface area contributed by atoms with E-state index in [0.29, 0.717) is 23.5 Å². The molecule has 1 unspecified atom stereocenters. The van der Waals surface area contributed by atoms with Crippen molar-refractivity contribution in [1.29, 1.82) is 0 Å². The maximum atomic E-state index is 13.6. The van der Waals surface area contributed by atoms with Gasteiger partial charge in [-0.25, -0.2) is 0 Å². The highest BCUT2D eigenvalue weighted by Crippen LogP contribution is 2.37. The lowest BCUT2D eigenvalue weighted by Crippen LogP contribution is -2.39. The average Bonchev–Trinajstić information content (AvgIpc) is 2.86. The number of hydrogen-bond donors (Lipinski definition) is 5. The van der Waals surface area contributed by atoms with Crippen molar-refractivity contribution >= 4 is 23.5 Å². The number of aromatic hydroxyl groups is 1. The summed E-state index contributed by atoms with van der Waals surface area (Å²) in [6, 6.07) is 7.57. The van der Waals surface area contributed by atoms with Crippen LogP contribution in [0.15, 0.2) is 41.4 Å².